The molecule has 1 aromatic carbocycles. The van der Waals surface area contributed by atoms with Crippen LogP contribution in [0.25, 0.3) is 0 Å². The Bertz CT molecular complexity index is 651. The Morgan fingerprint density at radius 2 is 1.68 bits per heavy atom. The van der Waals surface area contributed by atoms with Crippen LogP contribution < -0.4 is 21.3 Å². The van der Waals surface area contributed by atoms with Gasteiger partial charge in [-0.05, 0) is 51.8 Å². The lowest BCUT2D eigenvalue weighted by molar-refractivity contribution is -0.114. The molecule has 0 aliphatic rings. The molecule has 0 bridgehead atoms. The van der Waals surface area contributed by atoms with Gasteiger partial charge in [0.1, 0.15) is 5.60 Å². The molecule has 0 saturated carbocycles. The molecule has 0 aliphatic carbocycles. The van der Waals surface area contributed by atoms with Crippen LogP contribution in [-0.2, 0) is 16.0 Å². The first-order valence-electron chi connectivity index (χ1n) is 9.55. The van der Waals surface area contributed by atoms with Gasteiger partial charge in [-0.15, -0.1) is 0 Å². The average Bonchev–Trinajstić information content (AvgIpc) is 2.58. The van der Waals surface area contributed by atoms with Gasteiger partial charge in [0.2, 0.25) is 5.91 Å². The predicted octanol–water partition coefficient (Wildman–Crippen LogP) is 2.27. The molecule has 1 rings (SSSR count). The van der Waals surface area contributed by atoms with Gasteiger partial charge >= 0.3 is 6.09 Å². The Morgan fingerprint density at radius 3 is 2.25 bits per heavy atom. The summed E-state index contributed by atoms with van der Waals surface area (Å²) in [6.07, 6.45) is 0.353. The highest BCUT2D eigenvalue weighted by Crippen LogP contribution is 2.10. The van der Waals surface area contributed by atoms with Crippen LogP contribution in [0.5, 0.6) is 0 Å². The first kappa shape index (κ1) is 23.3. The Labute approximate surface area is 167 Å². The molecule has 28 heavy (non-hydrogen) atoms. The van der Waals surface area contributed by atoms with Crippen molar-refractivity contribution in [3.05, 3.63) is 29.8 Å². The summed E-state index contributed by atoms with van der Waals surface area (Å²) in [5.41, 5.74) is 1.42. The first-order valence-corrected chi connectivity index (χ1v) is 9.55. The SMILES string of the molecule is CCNC(=NCCc1ccc(NC(C)=O)cc1)NCCNC(=O)OC(C)(C)C. The van der Waals surface area contributed by atoms with E-state index < -0.39 is 11.7 Å². The average molecular weight is 392 g/mol. The van der Waals surface area contributed by atoms with Gasteiger partial charge in [-0.2, -0.15) is 0 Å². The van der Waals surface area contributed by atoms with Crippen molar-refractivity contribution < 1.29 is 14.3 Å². The highest BCUT2D eigenvalue weighted by atomic mass is 16.6. The van der Waals surface area contributed by atoms with E-state index in [4.69, 9.17) is 4.74 Å². The van der Waals surface area contributed by atoms with Crippen LogP contribution in [0.15, 0.2) is 29.3 Å². The Hall–Kier alpha value is -2.77. The zero-order chi connectivity index (χ0) is 21.0. The molecule has 8 nitrogen and oxygen atoms in total. The maximum Gasteiger partial charge on any atom is 0.407 e. The fourth-order valence-electron chi connectivity index (χ4n) is 2.26. The number of carbonyl (C=O) groups is 2. The number of carbonyl (C=O) groups excluding carboxylic acids is 2. The van der Waals surface area contributed by atoms with Crippen molar-refractivity contribution in [2.75, 3.05) is 31.5 Å². The smallest absolute Gasteiger partial charge is 0.407 e. The van der Waals surface area contributed by atoms with E-state index in [1.807, 2.05) is 52.0 Å². The molecule has 0 spiro atoms. The van der Waals surface area contributed by atoms with Crippen LogP contribution in [0, 0.1) is 0 Å². The van der Waals surface area contributed by atoms with Crippen LogP contribution in [-0.4, -0.2) is 49.7 Å². The summed E-state index contributed by atoms with van der Waals surface area (Å²) in [7, 11) is 0. The molecular weight excluding hydrogens is 358 g/mol. The number of guanidine groups is 1. The number of benzene rings is 1. The topological polar surface area (TPSA) is 104 Å². The Kier molecular flexibility index (Phi) is 9.84. The Morgan fingerprint density at radius 1 is 1.04 bits per heavy atom. The van der Waals surface area contributed by atoms with E-state index in [0.717, 1.165) is 24.2 Å². The summed E-state index contributed by atoms with van der Waals surface area (Å²) in [6, 6.07) is 7.72. The van der Waals surface area contributed by atoms with Crippen molar-refractivity contribution in [2.45, 2.75) is 46.6 Å². The van der Waals surface area contributed by atoms with E-state index in [0.29, 0.717) is 25.6 Å². The van der Waals surface area contributed by atoms with Crippen LogP contribution in [0.3, 0.4) is 0 Å². The van der Waals surface area contributed by atoms with Crippen LogP contribution in [0.4, 0.5) is 10.5 Å². The van der Waals surface area contributed by atoms with Crippen LogP contribution in [0.1, 0.15) is 40.2 Å². The van der Waals surface area contributed by atoms with Crippen molar-refractivity contribution in [1.82, 2.24) is 16.0 Å². The quantitative estimate of drug-likeness (QED) is 0.309. The zero-order valence-electron chi connectivity index (χ0n) is 17.5. The van der Waals surface area contributed by atoms with E-state index in [-0.39, 0.29) is 5.91 Å². The van der Waals surface area contributed by atoms with Gasteiger partial charge in [-0.25, -0.2) is 4.79 Å². The minimum absolute atomic E-state index is 0.0835. The summed E-state index contributed by atoms with van der Waals surface area (Å²) in [5, 5.41) is 11.8. The van der Waals surface area contributed by atoms with Crippen molar-refractivity contribution in [3.8, 4) is 0 Å². The standard InChI is InChI=1S/C20H33N5O3/c1-6-21-18(23-13-14-24-19(27)28-20(3,4)5)22-12-11-16-7-9-17(10-8-16)25-15(2)26/h7-10H,6,11-14H2,1-5H3,(H,24,27)(H,25,26)(H2,21,22,23). The zero-order valence-corrected chi connectivity index (χ0v) is 17.5. The second-order valence-electron chi connectivity index (χ2n) is 7.24. The van der Waals surface area contributed by atoms with Gasteiger partial charge in [-0.1, -0.05) is 12.1 Å². The third-order valence-electron chi connectivity index (χ3n) is 3.37. The number of nitrogens with one attached hydrogen (secondary N) is 4. The molecule has 1 aromatic rings. The second kappa shape index (κ2) is 11.8. The minimum atomic E-state index is -0.506. The minimum Gasteiger partial charge on any atom is -0.444 e. The lowest BCUT2D eigenvalue weighted by atomic mass is 10.1. The van der Waals surface area contributed by atoms with Crippen molar-refractivity contribution >= 4 is 23.6 Å². The highest BCUT2D eigenvalue weighted by molar-refractivity contribution is 5.88. The van der Waals surface area contributed by atoms with E-state index in [1.165, 1.54) is 6.92 Å². The summed E-state index contributed by atoms with van der Waals surface area (Å²) in [6.45, 7) is 11.3. The summed E-state index contributed by atoms with van der Waals surface area (Å²) < 4.78 is 5.19. The maximum absolute atomic E-state index is 11.6. The largest absolute Gasteiger partial charge is 0.444 e. The van der Waals surface area contributed by atoms with E-state index in [9.17, 15) is 9.59 Å². The number of aliphatic imine (C=N–C) groups is 1. The molecule has 0 saturated heterocycles. The van der Waals surface area contributed by atoms with E-state index >= 15 is 0 Å². The monoisotopic (exact) mass is 391 g/mol. The van der Waals surface area contributed by atoms with Gasteiger partial charge in [-0.3, -0.25) is 9.79 Å². The molecule has 0 heterocycles. The predicted molar refractivity (Wildman–Crippen MR) is 113 cm³/mol. The number of amides is 2. The molecular formula is C20H33N5O3. The Balaban J connectivity index is 2.38. The summed E-state index contributed by atoms with van der Waals surface area (Å²) >= 11 is 0. The molecule has 4 N–H and O–H groups in total. The molecule has 0 aromatic heterocycles. The third kappa shape index (κ3) is 11.1. The first-order chi connectivity index (χ1) is 13.2. The second-order valence-corrected chi connectivity index (χ2v) is 7.24. The number of alkyl carbamates (subject to hydrolysis) is 1. The van der Waals surface area contributed by atoms with Gasteiger partial charge < -0.3 is 26.0 Å². The highest BCUT2D eigenvalue weighted by Gasteiger charge is 2.15. The number of hydrogen-bond donors (Lipinski definition) is 4. The molecule has 0 radical (unpaired) electrons. The summed E-state index contributed by atoms with van der Waals surface area (Å²) in [4.78, 5) is 27.2. The molecule has 0 aliphatic heterocycles. The van der Waals surface area contributed by atoms with Gasteiger partial charge in [0.05, 0.1) is 0 Å². The van der Waals surface area contributed by atoms with Crippen LogP contribution in [0.2, 0.25) is 0 Å². The van der Waals surface area contributed by atoms with Crippen LogP contribution >= 0.6 is 0 Å². The van der Waals surface area contributed by atoms with Gasteiger partial charge in [0.15, 0.2) is 5.96 Å². The number of hydrogen-bond acceptors (Lipinski definition) is 4. The normalized spacial score (nSPS) is 11.5. The molecule has 2 amide bonds. The molecule has 8 heteroatoms. The van der Waals surface area contributed by atoms with E-state index in [1.54, 1.807) is 0 Å². The van der Waals surface area contributed by atoms with Gasteiger partial charge in [0.25, 0.3) is 0 Å². The fourth-order valence-corrected chi connectivity index (χ4v) is 2.26. The molecule has 0 atom stereocenters. The number of anilines is 1. The molecule has 156 valence electrons. The third-order valence-corrected chi connectivity index (χ3v) is 3.37. The van der Waals surface area contributed by atoms with Crippen molar-refractivity contribution in [3.63, 3.8) is 0 Å². The van der Waals surface area contributed by atoms with Gasteiger partial charge in [0, 0.05) is 38.8 Å². The molecule has 0 unspecified atom stereocenters. The number of ether oxygens (including phenoxy) is 1. The lowest BCUT2D eigenvalue weighted by Gasteiger charge is -2.19. The lowest BCUT2D eigenvalue weighted by Crippen LogP contribution is -2.42. The van der Waals surface area contributed by atoms with Crippen molar-refractivity contribution in [1.29, 1.82) is 0 Å². The molecule has 0 fully saturated rings. The number of nitrogens with zero attached hydrogens (tertiary/aromatic N) is 1. The fraction of sp³-hybridized carbons (Fsp3) is 0.550. The summed E-state index contributed by atoms with van der Waals surface area (Å²) in [5.74, 6) is 0.614. The van der Waals surface area contributed by atoms with Crippen molar-refractivity contribution in [2.24, 2.45) is 4.99 Å². The maximum atomic E-state index is 11.6. The number of rotatable bonds is 8. The van der Waals surface area contributed by atoms with E-state index in [2.05, 4.69) is 26.3 Å².